The Morgan fingerprint density at radius 1 is 1.16 bits per heavy atom. The molecule has 3 nitrogen and oxygen atoms in total. The van der Waals surface area contributed by atoms with E-state index in [2.05, 4.69) is 10.4 Å². The number of nitrogens with one attached hydrogen (secondary N) is 1. The summed E-state index contributed by atoms with van der Waals surface area (Å²) in [7, 11) is 0. The summed E-state index contributed by atoms with van der Waals surface area (Å²) < 4.78 is 51.8. The van der Waals surface area contributed by atoms with Crippen molar-refractivity contribution in [2.75, 3.05) is 0 Å². The molecule has 0 amide bonds. The maximum atomic E-state index is 13.3. The fraction of sp³-hybridized carbons (Fsp3) is 0.250. The normalized spacial score (nSPS) is 11.2. The first-order chi connectivity index (χ1) is 9.08. The van der Waals surface area contributed by atoms with Crippen molar-refractivity contribution in [2.24, 2.45) is 0 Å². The van der Waals surface area contributed by atoms with E-state index in [1.165, 1.54) is 12.3 Å². The minimum Gasteiger partial charge on any atom is -0.307 e. The second-order valence-electron chi connectivity index (χ2n) is 3.88. The molecule has 0 radical (unpaired) electrons. The van der Waals surface area contributed by atoms with Crippen LogP contribution in [0, 0.1) is 11.6 Å². The molecule has 2 aromatic rings. The molecule has 1 aromatic heterocycles. The molecule has 102 valence electrons. The zero-order valence-corrected chi connectivity index (χ0v) is 9.78. The summed E-state index contributed by atoms with van der Waals surface area (Å²) in [5, 5.41) is 6.23. The van der Waals surface area contributed by atoms with Gasteiger partial charge in [0.05, 0.1) is 5.69 Å². The molecule has 0 atom stereocenters. The minimum atomic E-state index is -2.72. The molecule has 2 rings (SSSR count). The third-order valence-corrected chi connectivity index (χ3v) is 2.57. The van der Waals surface area contributed by atoms with Crippen LogP contribution in [0.2, 0.25) is 0 Å². The molecule has 7 heteroatoms. The van der Waals surface area contributed by atoms with E-state index in [1.807, 2.05) is 0 Å². The standard InChI is InChI=1S/C12H11F4N3/c13-9-1-2-11(14)8(5-9)6-17-7-10-3-4-18-19(10)12(15)16/h1-5,12,17H,6-7H2. The average Bonchev–Trinajstić information content (AvgIpc) is 2.82. The summed E-state index contributed by atoms with van der Waals surface area (Å²) >= 11 is 0. The lowest BCUT2D eigenvalue weighted by Crippen LogP contribution is -2.17. The highest BCUT2D eigenvalue weighted by molar-refractivity contribution is 5.18. The van der Waals surface area contributed by atoms with E-state index < -0.39 is 18.2 Å². The Labute approximate surface area is 106 Å². The molecule has 1 aromatic carbocycles. The fourth-order valence-electron chi connectivity index (χ4n) is 1.66. The van der Waals surface area contributed by atoms with Crippen molar-refractivity contribution in [3.8, 4) is 0 Å². The molecule has 19 heavy (non-hydrogen) atoms. The molecule has 1 heterocycles. The van der Waals surface area contributed by atoms with Gasteiger partial charge < -0.3 is 5.32 Å². The van der Waals surface area contributed by atoms with Crippen LogP contribution < -0.4 is 5.32 Å². The quantitative estimate of drug-likeness (QED) is 0.849. The molecule has 0 saturated heterocycles. The van der Waals surface area contributed by atoms with E-state index in [-0.39, 0.29) is 24.3 Å². The number of halogens is 4. The van der Waals surface area contributed by atoms with Gasteiger partial charge in [-0.05, 0) is 24.3 Å². The van der Waals surface area contributed by atoms with Crippen LogP contribution in [0.15, 0.2) is 30.5 Å². The largest absolute Gasteiger partial charge is 0.333 e. The summed E-state index contributed by atoms with van der Waals surface area (Å²) in [6, 6.07) is 4.54. The van der Waals surface area contributed by atoms with Crippen molar-refractivity contribution in [2.45, 2.75) is 19.6 Å². The van der Waals surface area contributed by atoms with Crippen molar-refractivity contribution in [3.63, 3.8) is 0 Å². The van der Waals surface area contributed by atoms with Crippen LogP contribution >= 0.6 is 0 Å². The predicted molar refractivity (Wildman–Crippen MR) is 60.4 cm³/mol. The van der Waals surface area contributed by atoms with Crippen LogP contribution in [0.4, 0.5) is 17.6 Å². The van der Waals surface area contributed by atoms with Crippen LogP contribution in [0.3, 0.4) is 0 Å². The molecular weight excluding hydrogens is 262 g/mol. The van der Waals surface area contributed by atoms with Gasteiger partial charge in [-0.15, -0.1) is 0 Å². The minimum absolute atomic E-state index is 0.0397. The maximum absolute atomic E-state index is 13.3. The van der Waals surface area contributed by atoms with Gasteiger partial charge >= 0.3 is 6.55 Å². The molecular formula is C12H11F4N3. The topological polar surface area (TPSA) is 29.9 Å². The van der Waals surface area contributed by atoms with E-state index in [4.69, 9.17) is 0 Å². The Balaban J connectivity index is 1.96. The van der Waals surface area contributed by atoms with Crippen molar-refractivity contribution in [3.05, 3.63) is 53.4 Å². The number of nitrogens with zero attached hydrogens (tertiary/aromatic N) is 2. The van der Waals surface area contributed by atoms with Gasteiger partial charge in [-0.25, -0.2) is 13.5 Å². The van der Waals surface area contributed by atoms with Gasteiger partial charge in [-0.2, -0.15) is 13.9 Å². The third kappa shape index (κ3) is 3.31. The first-order valence-corrected chi connectivity index (χ1v) is 5.53. The highest BCUT2D eigenvalue weighted by Gasteiger charge is 2.11. The lowest BCUT2D eigenvalue weighted by molar-refractivity contribution is 0.0531. The SMILES string of the molecule is Fc1ccc(F)c(CNCc2ccnn2C(F)F)c1. The summed E-state index contributed by atoms with van der Waals surface area (Å²) in [5.74, 6) is -1.09. The Kier molecular flexibility index (Phi) is 4.16. The summed E-state index contributed by atoms with van der Waals surface area (Å²) in [4.78, 5) is 0. The van der Waals surface area contributed by atoms with Gasteiger partial charge in [0.25, 0.3) is 0 Å². The van der Waals surface area contributed by atoms with E-state index >= 15 is 0 Å². The van der Waals surface area contributed by atoms with Gasteiger partial charge in [0.15, 0.2) is 0 Å². The average molecular weight is 273 g/mol. The van der Waals surface area contributed by atoms with Crippen LogP contribution in [0.5, 0.6) is 0 Å². The van der Waals surface area contributed by atoms with Crippen LogP contribution in [0.1, 0.15) is 17.8 Å². The molecule has 0 spiro atoms. The fourth-order valence-corrected chi connectivity index (χ4v) is 1.66. The van der Waals surface area contributed by atoms with E-state index in [1.54, 1.807) is 0 Å². The Hall–Kier alpha value is -1.89. The first-order valence-electron chi connectivity index (χ1n) is 5.53. The molecule has 0 unspecified atom stereocenters. The summed E-state index contributed by atoms with van der Waals surface area (Å²) in [6.07, 6.45) is 1.26. The van der Waals surface area contributed by atoms with E-state index in [0.29, 0.717) is 4.68 Å². The molecule has 0 saturated carbocycles. The van der Waals surface area contributed by atoms with Gasteiger partial charge in [-0.1, -0.05) is 0 Å². The molecule has 0 aliphatic heterocycles. The van der Waals surface area contributed by atoms with Crippen LogP contribution in [0.25, 0.3) is 0 Å². The highest BCUT2D eigenvalue weighted by atomic mass is 19.3. The smallest absolute Gasteiger partial charge is 0.307 e. The molecule has 0 aliphatic rings. The van der Waals surface area contributed by atoms with Crippen molar-refractivity contribution >= 4 is 0 Å². The van der Waals surface area contributed by atoms with E-state index in [0.717, 1.165) is 18.2 Å². The summed E-state index contributed by atoms with van der Waals surface area (Å²) in [5.41, 5.74) is 0.412. The number of benzene rings is 1. The molecule has 0 aliphatic carbocycles. The van der Waals surface area contributed by atoms with Crippen molar-refractivity contribution in [1.82, 2.24) is 15.1 Å². The predicted octanol–water partition coefficient (Wildman–Crippen LogP) is 2.85. The molecule has 1 N–H and O–H groups in total. The number of hydrogen-bond donors (Lipinski definition) is 1. The van der Waals surface area contributed by atoms with Gasteiger partial charge in [0.2, 0.25) is 0 Å². The summed E-state index contributed by atoms with van der Waals surface area (Å²) in [6.45, 7) is -2.60. The van der Waals surface area contributed by atoms with E-state index in [9.17, 15) is 17.6 Å². The second kappa shape index (κ2) is 5.83. The first kappa shape index (κ1) is 13.5. The number of rotatable bonds is 5. The van der Waals surface area contributed by atoms with Crippen molar-refractivity contribution < 1.29 is 17.6 Å². The van der Waals surface area contributed by atoms with Crippen LogP contribution in [-0.4, -0.2) is 9.78 Å². The second-order valence-corrected chi connectivity index (χ2v) is 3.88. The number of aromatic nitrogens is 2. The lowest BCUT2D eigenvalue weighted by atomic mass is 10.2. The monoisotopic (exact) mass is 273 g/mol. The Bertz CT molecular complexity index is 554. The Morgan fingerprint density at radius 3 is 2.68 bits per heavy atom. The zero-order valence-electron chi connectivity index (χ0n) is 9.78. The van der Waals surface area contributed by atoms with Crippen LogP contribution in [-0.2, 0) is 13.1 Å². The highest BCUT2D eigenvalue weighted by Crippen LogP contribution is 2.13. The third-order valence-electron chi connectivity index (χ3n) is 2.57. The lowest BCUT2D eigenvalue weighted by Gasteiger charge is -2.08. The van der Waals surface area contributed by atoms with Gasteiger partial charge in [0, 0.05) is 24.8 Å². The van der Waals surface area contributed by atoms with Gasteiger partial charge in [-0.3, -0.25) is 0 Å². The molecule has 0 bridgehead atoms. The number of hydrogen-bond acceptors (Lipinski definition) is 2. The zero-order chi connectivity index (χ0) is 13.8. The maximum Gasteiger partial charge on any atom is 0.333 e. The Morgan fingerprint density at radius 2 is 1.95 bits per heavy atom. The van der Waals surface area contributed by atoms with Crippen molar-refractivity contribution in [1.29, 1.82) is 0 Å². The van der Waals surface area contributed by atoms with Gasteiger partial charge in [0.1, 0.15) is 11.6 Å². The number of alkyl halides is 2. The molecule has 0 fully saturated rings.